The first-order valence-electron chi connectivity index (χ1n) is 8.92. The van der Waals surface area contributed by atoms with Crippen molar-refractivity contribution in [2.24, 2.45) is 5.41 Å². The third-order valence-electron chi connectivity index (χ3n) is 4.28. The molecule has 0 bridgehead atoms. The van der Waals surface area contributed by atoms with Crippen molar-refractivity contribution < 1.29 is 63.3 Å². The van der Waals surface area contributed by atoms with E-state index in [1.54, 1.807) is 13.8 Å². The molecule has 0 saturated carbocycles. The second-order valence-electron chi connectivity index (χ2n) is 6.02. The predicted octanol–water partition coefficient (Wildman–Crippen LogP) is -1.09. The molecule has 184 valence electrons. The van der Waals surface area contributed by atoms with E-state index < -0.39 is 60.6 Å². The molecule has 0 spiro atoms. The third-order valence-corrected chi connectivity index (χ3v) is 5.45. The molecule has 0 rings (SSSR count). The van der Waals surface area contributed by atoms with Crippen molar-refractivity contribution in [3.8, 4) is 0 Å². The topological polar surface area (TPSA) is 208 Å². The van der Waals surface area contributed by atoms with Gasteiger partial charge in [-0.2, -0.15) is 0 Å². The van der Waals surface area contributed by atoms with E-state index in [4.69, 9.17) is 38.5 Å². The van der Waals surface area contributed by atoms with Gasteiger partial charge in [0.1, 0.15) is 0 Å². The van der Waals surface area contributed by atoms with Crippen molar-refractivity contribution in [1.29, 1.82) is 0 Å². The fraction of sp³-hybridized carbons (Fsp3) is 1.00. The van der Waals surface area contributed by atoms with Crippen LogP contribution in [-0.4, -0.2) is 105 Å². The molecule has 0 heterocycles. The highest BCUT2D eigenvalue weighted by Crippen LogP contribution is 2.42. The van der Waals surface area contributed by atoms with Gasteiger partial charge in [-0.1, -0.05) is 0 Å². The summed E-state index contributed by atoms with van der Waals surface area (Å²) >= 11 is 0. The first-order valence-corrected chi connectivity index (χ1v) is 11.3. The zero-order chi connectivity index (χ0) is 23.8. The molecule has 0 fully saturated rings. The van der Waals surface area contributed by atoms with Crippen LogP contribution in [0.1, 0.15) is 26.7 Å². The lowest BCUT2D eigenvalue weighted by atomic mass is 9.69. The van der Waals surface area contributed by atoms with Crippen LogP contribution in [0.3, 0.4) is 0 Å². The molecular formula is C15H36O13P2. The molecule has 2 unspecified atom stereocenters. The number of aliphatic hydroxyl groups excluding tert-OH is 3. The van der Waals surface area contributed by atoms with Crippen molar-refractivity contribution in [2.75, 3.05) is 47.3 Å². The molecule has 0 radical (unpaired) electrons. The molecule has 30 heavy (non-hydrogen) atoms. The van der Waals surface area contributed by atoms with Crippen LogP contribution >= 0.6 is 17.2 Å². The Hall–Kier alpha value is 0.340. The predicted molar refractivity (Wildman–Crippen MR) is 107 cm³/mol. The van der Waals surface area contributed by atoms with Gasteiger partial charge in [-0.15, -0.1) is 0 Å². The second kappa shape index (κ2) is 17.8. The summed E-state index contributed by atoms with van der Waals surface area (Å²) in [7, 11) is -2.37. The number of methoxy groups -OCH3 is 2. The van der Waals surface area contributed by atoms with Crippen LogP contribution in [0.5, 0.6) is 0 Å². The summed E-state index contributed by atoms with van der Waals surface area (Å²) in [5.41, 5.74) is -3.30. The molecule has 0 aliphatic rings. The van der Waals surface area contributed by atoms with E-state index in [0.29, 0.717) is 13.2 Å². The number of ether oxygens (including phenoxy) is 4. The zero-order valence-electron chi connectivity index (χ0n) is 17.6. The lowest BCUT2D eigenvalue weighted by molar-refractivity contribution is -0.240. The lowest BCUT2D eigenvalue weighted by Crippen LogP contribution is -2.58. The van der Waals surface area contributed by atoms with Crippen molar-refractivity contribution in [1.82, 2.24) is 0 Å². The molecule has 0 aliphatic heterocycles. The van der Waals surface area contributed by atoms with E-state index in [0.717, 1.165) is 0 Å². The van der Waals surface area contributed by atoms with Crippen molar-refractivity contribution in [2.45, 2.75) is 44.9 Å². The Bertz CT molecular complexity index is 368. The molecule has 8 N–H and O–H groups in total. The monoisotopic (exact) mass is 486 g/mol. The van der Waals surface area contributed by atoms with Gasteiger partial charge in [0.15, 0.2) is 12.6 Å². The summed E-state index contributed by atoms with van der Waals surface area (Å²) in [6.07, 6.45) is -1.70. The summed E-state index contributed by atoms with van der Waals surface area (Å²) < 4.78 is 24.7. The van der Waals surface area contributed by atoms with Gasteiger partial charge in [-0.25, -0.2) is 4.31 Å². The van der Waals surface area contributed by atoms with Crippen LogP contribution in [0, 0.1) is 5.41 Å². The summed E-state index contributed by atoms with van der Waals surface area (Å²) in [6, 6.07) is 0. The smallest absolute Gasteiger partial charge is 0.334 e. The fourth-order valence-corrected chi connectivity index (χ4v) is 3.04. The maximum atomic E-state index is 11.2. The third kappa shape index (κ3) is 11.8. The SMILES string of the molecule is CCOC(CC(O)(CC(OC)OCC)C(CO)(CO)CO)OC.OP(O)OP(O)O. The first kappa shape index (κ1) is 32.5. The highest BCUT2D eigenvalue weighted by atomic mass is 31.2. The van der Waals surface area contributed by atoms with Gasteiger partial charge in [-0.3, -0.25) is 0 Å². The van der Waals surface area contributed by atoms with E-state index >= 15 is 0 Å². The quantitative estimate of drug-likeness (QED) is 0.0964. The van der Waals surface area contributed by atoms with Gasteiger partial charge < -0.3 is 58.9 Å². The fourth-order valence-electron chi connectivity index (χ4n) is 2.52. The zero-order valence-corrected chi connectivity index (χ0v) is 19.4. The van der Waals surface area contributed by atoms with Crippen molar-refractivity contribution in [3.05, 3.63) is 0 Å². The number of aliphatic hydroxyl groups is 4. The second-order valence-corrected chi connectivity index (χ2v) is 7.69. The van der Waals surface area contributed by atoms with Crippen molar-refractivity contribution in [3.63, 3.8) is 0 Å². The largest absolute Gasteiger partial charge is 0.395 e. The van der Waals surface area contributed by atoms with E-state index in [1.165, 1.54) is 14.2 Å². The molecule has 0 amide bonds. The first-order chi connectivity index (χ1) is 14.0. The average Bonchev–Trinajstić information content (AvgIpc) is 2.68. The Kier molecular flexibility index (Phi) is 19.3. The molecular weight excluding hydrogens is 450 g/mol. The summed E-state index contributed by atoms with van der Waals surface area (Å²) in [4.78, 5) is 31.3. The summed E-state index contributed by atoms with van der Waals surface area (Å²) in [6.45, 7) is 2.41. The van der Waals surface area contributed by atoms with Crippen LogP contribution < -0.4 is 0 Å². The van der Waals surface area contributed by atoms with Gasteiger partial charge in [0, 0.05) is 40.3 Å². The normalized spacial score (nSPS) is 16.2. The maximum Gasteiger partial charge on any atom is 0.334 e. The Balaban J connectivity index is 0. The minimum Gasteiger partial charge on any atom is -0.395 e. The van der Waals surface area contributed by atoms with E-state index in [2.05, 4.69) is 4.31 Å². The minimum absolute atomic E-state index is 0.0774. The van der Waals surface area contributed by atoms with Gasteiger partial charge in [0.2, 0.25) is 0 Å². The van der Waals surface area contributed by atoms with E-state index in [9.17, 15) is 20.4 Å². The highest BCUT2D eigenvalue weighted by Gasteiger charge is 2.52. The summed E-state index contributed by atoms with van der Waals surface area (Å²) in [5.74, 6) is 0. The standard InChI is InChI=1S/C15H32O8.H4O5P2/c1-5-22-12(20-3)7-15(19,8-13(21-4)23-6-2)14(9-16,10-17)11-18;1-6(2)5-7(3)4/h12-13,16-19H,5-11H2,1-4H3;1-4H. The van der Waals surface area contributed by atoms with Gasteiger partial charge in [-0.05, 0) is 13.8 Å². The Morgan fingerprint density at radius 3 is 1.23 bits per heavy atom. The Labute approximate surface area is 178 Å². The molecule has 15 heteroatoms. The van der Waals surface area contributed by atoms with Crippen LogP contribution in [0.2, 0.25) is 0 Å². The Morgan fingerprint density at radius 1 is 0.733 bits per heavy atom. The van der Waals surface area contributed by atoms with E-state index in [-0.39, 0.29) is 12.8 Å². The highest BCUT2D eigenvalue weighted by molar-refractivity contribution is 7.53. The molecule has 13 nitrogen and oxygen atoms in total. The van der Waals surface area contributed by atoms with Gasteiger partial charge in [0.05, 0.1) is 30.8 Å². The van der Waals surface area contributed by atoms with Gasteiger partial charge in [0.25, 0.3) is 0 Å². The van der Waals surface area contributed by atoms with Crippen LogP contribution in [-0.2, 0) is 23.3 Å². The number of hydrogen-bond donors (Lipinski definition) is 8. The molecule has 0 saturated heterocycles. The number of hydrogen-bond acceptors (Lipinski definition) is 13. The van der Waals surface area contributed by atoms with Crippen LogP contribution in [0.4, 0.5) is 0 Å². The number of rotatable bonds is 16. The molecule has 2 atom stereocenters. The maximum absolute atomic E-state index is 11.2. The van der Waals surface area contributed by atoms with Crippen LogP contribution in [0.25, 0.3) is 0 Å². The molecule has 0 aromatic rings. The molecule has 0 aromatic carbocycles. The van der Waals surface area contributed by atoms with Crippen molar-refractivity contribution >= 4 is 17.2 Å². The van der Waals surface area contributed by atoms with E-state index in [1.807, 2.05) is 0 Å². The molecule has 0 aliphatic carbocycles. The van der Waals surface area contributed by atoms with Gasteiger partial charge >= 0.3 is 17.2 Å². The Morgan fingerprint density at radius 2 is 1.07 bits per heavy atom. The van der Waals surface area contributed by atoms with Crippen LogP contribution in [0.15, 0.2) is 0 Å². The average molecular weight is 486 g/mol. The summed E-state index contributed by atoms with van der Waals surface area (Å²) in [5, 5.41) is 40.3. The minimum atomic E-state index is -2.61. The lowest BCUT2D eigenvalue weighted by Gasteiger charge is -2.46. The molecule has 0 aromatic heterocycles.